The number of furan rings is 1. The number of aryl methyl sites for hydroxylation is 2. The maximum Gasteiger partial charge on any atom is 0.337 e. The van der Waals surface area contributed by atoms with Crippen molar-refractivity contribution in [2.24, 2.45) is 4.99 Å². The molecule has 3 heterocycles. The van der Waals surface area contributed by atoms with Gasteiger partial charge in [-0.25, -0.2) is 9.79 Å². The van der Waals surface area contributed by atoms with E-state index in [0.717, 1.165) is 58.9 Å². The molecular weight excluding hydrogens is 486 g/mol. The Morgan fingerprint density at radius 2 is 2.00 bits per heavy atom. The number of nitrogens with zero attached hydrogens (tertiary/aromatic N) is 2. The molecule has 5 rings (SSSR count). The first-order valence-corrected chi connectivity index (χ1v) is 13.1. The lowest BCUT2D eigenvalue weighted by atomic mass is 9.95. The molecule has 0 fully saturated rings. The highest BCUT2D eigenvalue weighted by Crippen LogP contribution is 2.40. The average molecular weight is 516 g/mol. The van der Waals surface area contributed by atoms with Gasteiger partial charge in [-0.2, -0.15) is 0 Å². The van der Waals surface area contributed by atoms with Gasteiger partial charge in [0.05, 0.1) is 31.0 Å². The summed E-state index contributed by atoms with van der Waals surface area (Å²) in [4.78, 5) is 31.4. The van der Waals surface area contributed by atoms with Gasteiger partial charge in [-0.05, 0) is 81.5 Å². The van der Waals surface area contributed by atoms with Gasteiger partial charge in [0.15, 0.2) is 0 Å². The number of aromatic nitrogens is 1. The molecule has 7 nitrogen and oxygen atoms in total. The van der Waals surface area contributed by atoms with Crippen LogP contribution in [0.1, 0.15) is 66.7 Å². The molecule has 4 aromatic rings. The topological polar surface area (TPSA) is 85.8 Å². The zero-order chi connectivity index (χ0) is 25.9. The Labute approximate surface area is 219 Å². The fourth-order valence-electron chi connectivity index (χ4n) is 4.88. The van der Waals surface area contributed by atoms with Crippen LogP contribution in [0.5, 0.6) is 0 Å². The van der Waals surface area contributed by atoms with Crippen LogP contribution in [-0.4, -0.2) is 29.8 Å². The summed E-state index contributed by atoms with van der Waals surface area (Å²) in [6.45, 7) is 4.38. The van der Waals surface area contributed by atoms with Crippen molar-refractivity contribution in [1.82, 2.24) is 9.88 Å². The number of hydrogen-bond acceptors (Lipinski definition) is 6. The van der Waals surface area contributed by atoms with Gasteiger partial charge in [0, 0.05) is 33.7 Å². The zero-order valence-electron chi connectivity index (χ0n) is 21.2. The van der Waals surface area contributed by atoms with Crippen LogP contribution in [0.2, 0.25) is 0 Å². The predicted octanol–water partition coefficient (Wildman–Crippen LogP) is 6.09. The Balaban J connectivity index is 1.46. The number of ether oxygens (including phenoxy) is 1. The van der Waals surface area contributed by atoms with E-state index in [-0.39, 0.29) is 11.9 Å². The minimum atomic E-state index is -0.370. The number of fused-ring (bicyclic) bond motifs is 1. The summed E-state index contributed by atoms with van der Waals surface area (Å²) in [6.07, 6.45) is 7.54. The van der Waals surface area contributed by atoms with E-state index in [9.17, 15) is 9.59 Å². The van der Waals surface area contributed by atoms with Crippen molar-refractivity contribution in [3.8, 4) is 5.69 Å². The first-order valence-electron chi connectivity index (χ1n) is 12.3. The molecule has 0 unspecified atom stereocenters. The molecule has 0 spiro atoms. The van der Waals surface area contributed by atoms with Gasteiger partial charge in [-0.15, -0.1) is 11.3 Å². The third-order valence-electron chi connectivity index (χ3n) is 6.70. The second-order valence-corrected chi connectivity index (χ2v) is 10.2. The number of methoxy groups -OCH3 is 1. The van der Waals surface area contributed by atoms with Crippen LogP contribution in [-0.2, 0) is 24.1 Å². The van der Waals surface area contributed by atoms with Crippen molar-refractivity contribution in [2.45, 2.75) is 46.1 Å². The number of nitrogens with one attached hydrogen (secondary N) is 1. The summed E-state index contributed by atoms with van der Waals surface area (Å²) >= 11 is 1.61. The Morgan fingerprint density at radius 3 is 2.78 bits per heavy atom. The third-order valence-corrected chi connectivity index (χ3v) is 7.90. The number of carbonyl (C=O) groups excluding carboxylic acids is 2. The van der Waals surface area contributed by atoms with Crippen molar-refractivity contribution >= 4 is 34.4 Å². The SMILES string of the molecule is COC(=O)c1cccc(-n2c(C)cc(C=Nc3sc4c(c3C(=O)NCc3ccco3)CCCC4)c2C)c1. The number of thiophene rings is 1. The standard InChI is InChI=1S/C29H29N3O4S/c1-18-14-21(19(2)32(18)22-9-6-8-20(15-22)29(34)35-3)16-31-28-26(24-11-4-5-12-25(24)37-28)27(33)30-17-23-10-7-13-36-23/h6-10,13-16H,4-5,11-12,17H2,1-3H3,(H,30,33). The van der Waals surface area contributed by atoms with Crippen molar-refractivity contribution in [3.63, 3.8) is 0 Å². The summed E-state index contributed by atoms with van der Waals surface area (Å²) in [5, 5.41) is 3.74. The van der Waals surface area contributed by atoms with Gasteiger partial charge < -0.3 is 19.0 Å². The van der Waals surface area contributed by atoms with Gasteiger partial charge in [0.1, 0.15) is 10.8 Å². The molecule has 0 radical (unpaired) electrons. The zero-order valence-corrected chi connectivity index (χ0v) is 22.0. The van der Waals surface area contributed by atoms with E-state index in [4.69, 9.17) is 14.1 Å². The summed E-state index contributed by atoms with van der Waals surface area (Å²) < 4.78 is 12.3. The summed E-state index contributed by atoms with van der Waals surface area (Å²) in [5.74, 6) is 0.227. The number of rotatable bonds is 7. The Bertz CT molecular complexity index is 1480. The molecule has 0 bridgehead atoms. The third kappa shape index (κ3) is 5.02. The van der Waals surface area contributed by atoms with Crippen molar-refractivity contribution < 1.29 is 18.7 Å². The van der Waals surface area contributed by atoms with E-state index in [2.05, 4.69) is 16.0 Å². The highest BCUT2D eigenvalue weighted by atomic mass is 32.1. The molecule has 0 saturated carbocycles. The Hall–Kier alpha value is -3.91. The quantitative estimate of drug-likeness (QED) is 0.238. The van der Waals surface area contributed by atoms with Crippen LogP contribution in [0.15, 0.2) is 58.1 Å². The molecule has 8 heteroatoms. The number of esters is 1. The van der Waals surface area contributed by atoms with Crippen LogP contribution < -0.4 is 5.32 Å². The lowest BCUT2D eigenvalue weighted by molar-refractivity contribution is 0.0600. The molecule has 190 valence electrons. The van der Waals surface area contributed by atoms with Crippen molar-refractivity contribution in [2.75, 3.05) is 7.11 Å². The largest absolute Gasteiger partial charge is 0.467 e. The molecule has 3 aromatic heterocycles. The molecule has 37 heavy (non-hydrogen) atoms. The van der Waals surface area contributed by atoms with Crippen LogP contribution in [0.3, 0.4) is 0 Å². The number of amides is 1. The smallest absolute Gasteiger partial charge is 0.337 e. The first kappa shape index (κ1) is 24.8. The molecule has 1 aromatic carbocycles. The van der Waals surface area contributed by atoms with E-state index in [1.165, 1.54) is 12.0 Å². The van der Waals surface area contributed by atoms with E-state index in [1.807, 2.05) is 50.4 Å². The Morgan fingerprint density at radius 1 is 1.16 bits per heavy atom. The molecule has 0 saturated heterocycles. The van der Waals surface area contributed by atoms with E-state index in [1.54, 1.807) is 23.7 Å². The van der Waals surface area contributed by atoms with Crippen LogP contribution >= 0.6 is 11.3 Å². The second-order valence-electron chi connectivity index (χ2n) is 9.12. The van der Waals surface area contributed by atoms with Gasteiger partial charge in [0.25, 0.3) is 5.91 Å². The summed E-state index contributed by atoms with van der Waals surface area (Å²) in [5.41, 5.74) is 6.15. The van der Waals surface area contributed by atoms with Gasteiger partial charge >= 0.3 is 5.97 Å². The van der Waals surface area contributed by atoms with Crippen LogP contribution in [0.25, 0.3) is 5.69 Å². The summed E-state index contributed by atoms with van der Waals surface area (Å²) in [6, 6.07) is 13.1. The van der Waals surface area contributed by atoms with Gasteiger partial charge in [-0.3, -0.25) is 4.79 Å². The fraction of sp³-hybridized carbons (Fsp3) is 0.276. The molecule has 0 aliphatic heterocycles. The monoisotopic (exact) mass is 515 g/mol. The minimum absolute atomic E-state index is 0.118. The lowest BCUT2D eigenvalue weighted by Crippen LogP contribution is -2.23. The molecular formula is C29H29N3O4S. The minimum Gasteiger partial charge on any atom is -0.467 e. The van der Waals surface area contributed by atoms with Gasteiger partial charge in [-0.1, -0.05) is 6.07 Å². The number of benzene rings is 1. The fourth-order valence-corrected chi connectivity index (χ4v) is 6.11. The number of aliphatic imine (C=N–C) groups is 1. The predicted molar refractivity (Wildman–Crippen MR) is 145 cm³/mol. The lowest BCUT2D eigenvalue weighted by Gasteiger charge is -2.12. The molecule has 1 aliphatic carbocycles. The molecule has 1 aliphatic rings. The highest BCUT2D eigenvalue weighted by Gasteiger charge is 2.25. The molecule has 1 amide bonds. The second kappa shape index (κ2) is 10.6. The van der Waals surface area contributed by atoms with Crippen molar-refractivity contribution in [1.29, 1.82) is 0 Å². The number of hydrogen-bond donors (Lipinski definition) is 1. The highest BCUT2D eigenvalue weighted by molar-refractivity contribution is 7.16. The molecule has 1 N–H and O–H groups in total. The summed E-state index contributed by atoms with van der Waals surface area (Å²) in [7, 11) is 1.38. The maximum absolute atomic E-state index is 13.3. The Kier molecular flexibility index (Phi) is 7.10. The van der Waals surface area contributed by atoms with E-state index in [0.29, 0.717) is 23.4 Å². The maximum atomic E-state index is 13.3. The first-order chi connectivity index (χ1) is 18.0. The van der Waals surface area contributed by atoms with Crippen LogP contribution in [0.4, 0.5) is 5.00 Å². The van der Waals surface area contributed by atoms with Crippen LogP contribution in [0, 0.1) is 13.8 Å². The number of carbonyl (C=O) groups is 2. The molecule has 0 atom stereocenters. The van der Waals surface area contributed by atoms with E-state index >= 15 is 0 Å². The average Bonchev–Trinajstić information content (AvgIpc) is 3.63. The van der Waals surface area contributed by atoms with Gasteiger partial charge in [0.2, 0.25) is 0 Å². The normalized spacial score (nSPS) is 13.1. The van der Waals surface area contributed by atoms with E-state index < -0.39 is 0 Å². The van der Waals surface area contributed by atoms with Crippen molar-refractivity contribution in [3.05, 3.63) is 93.0 Å².